The quantitative estimate of drug-likeness (QED) is 0.0169. The topological polar surface area (TPSA) is 237 Å². The van der Waals surface area contributed by atoms with E-state index in [1.54, 1.807) is 0 Å². The van der Waals surface area contributed by atoms with Gasteiger partial charge >= 0.3 is 39.5 Å². The van der Waals surface area contributed by atoms with Crippen LogP contribution in [0.3, 0.4) is 0 Å². The number of aliphatic hydroxyl groups excluding tert-OH is 1. The summed E-state index contributed by atoms with van der Waals surface area (Å²) >= 11 is 0. The summed E-state index contributed by atoms with van der Waals surface area (Å²) in [6, 6.07) is 0. The van der Waals surface area contributed by atoms with Gasteiger partial charge in [0.1, 0.15) is 19.3 Å². The van der Waals surface area contributed by atoms with E-state index in [0.717, 1.165) is 199 Å². The molecule has 17 nitrogen and oxygen atoms in total. The van der Waals surface area contributed by atoms with Gasteiger partial charge in [-0.2, -0.15) is 0 Å². The first-order valence-corrected chi connectivity index (χ1v) is 43.0. The molecule has 0 saturated heterocycles. The van der Waals surface area contributed by atoms with Crippen LogP contribution in [0, 0.1) is 0 Å². The van der Waals surface area contributed by atoms with Gasteiger partial charge in [0.25, 0.3) is 0 Å². The summed E-state index contributed by atoms with van der Waals surface area (Å²) in [6.07, 6.45) is 93.1. The maximum atomic E-state index is 13.1. The Kier molecular flexibility index (Phi) is 73.1. The molecular weight excluding hydrogens is 1380 g/mol. The lowest BCUT2D eigenvalue weighted by atomic mass is 10.1. The third kappa shape index (κ3) is 76.4. The van der Waals surface area contributed by atoms with Crippen LogP contribution in [-0.4, -0.2) is 96.7 Å². The van der Waals surface area contributed by atoms with Crippen molar-refractivity contribution in [1.82, 2.24) is 0 Å². The molecular formula is C87H140O17P2. The number of rotatable bonds is 73. The summed E-state index contributed by atoms with van der Waals surface area (Å²) in [5.74, 6) is -2.34. The van der Waals surface area contributed by atoms with E-state index in [0.29, 0.717) is 32.1 Å². The maximum absolute atomic E-state index is 13.1. The lowest BCUT2D eigenvalue weighted by Gasteiger charge is -2.21. The monoisotopic (exact) mass is 1520 g/mol. The molecule has 0 aliphatic rings. The van der Waals surface area contributed by atoms with Gasteiger partial charge in [0, 0.05) is 25.7 Å². The molecule has 0 fully saturated rings. The van der Waals surface area contributed by atoms with Gasteiger partial charge in [-0.25, -0.2) is 9.13 Å². The molecule has 0 bridgehead atoms. The van der Waals surface area contributed by atoms with Crippen LogP contribution < -0.4 is 0 Å². The van der Waals surface area contributed by atoms with Crippen LogP contribution in [0.1, 0.15) is 285 Å². The lowest BCUT2D eigenvalue weighted by Crippen LogP contribution is -2.30. The molecule has 0 rings (SSSR count). The number of carbonyl (C=O) groups excluding carboxylic acids is 4. The standard InChI is InChI=1S/C87H140O17P2/c1-5-9-13-17-21-25-29-33-36-39-40-43-45-49-52-56-60-64-68-72-85(90)97-77-82(103-86(91)73-69-65-61-57-53-47-32-28-24-20-16-12-8-4)79-101-105(93,94)99-75-81(88)76-100-106(95,96)102-80-83(104-87(92)74-70-66-62-58-54-50-46-42-38-35-31-27-23-19-15-11-7-3)78-98-84(89)71-67-63-59-55-51-48-44-41-37-34-30-26-22-18-14-10-6-2/h9-11,13-16,20-23,25-28,32-38,40,43-44,48-49,52,60,64,81-83,88H,5-8,12,17-19,24,29-31,39,41-42,45-47,50-51,53-59,61-63,65-80H2,1-4H3,(H,93,94)(H,95,96)/b13-9-,14-10-,15-11-,20-16-,25-21-,26-22-,27-23-,32-28-,36-33-,37-34-,38-35-,43-40-,48-44-,52-49-,64-60-. The van der Waals surface area contributed by atoms with Crippen molar-refractivity contribution in [2.75, 3.05) is 39.6 Å². The lowest BCUT2D eigenvalue weighted by molar-refractivity contribution is -0.161. The van der Waals surface area contributed by atoms with Gasteiger partial charge in [-0.3, -0.25) is 37.3 Å². The molecule has 0 saturated carbocycles. The summed E-state index contributed by atoms with van der Waals surface area (Å²) in [6.45, 7) is 4.31. The predicted molar refractivity (Wildman–Crippen MR) is 436 cm³/mol. The van der Waals surface area contributed by atoms with Gasteiger partial charge in [-0.15, -0.1) is 0 Å². The van der Waals surface area contributed by atoms with Crippen molar-refractivity contribution in [3.8, 4) is 0 Å². The normalized spacial score (nSPS) is 14.8. The molecule has 0 amide bonds. The summed E-state index contributed by atoms with van der Waals surface area (Å²) in [4.78, 5) is 73.0. The SMILES string of the molecule is CC/C=C\C/C=C\C/C=C\C/C=C\C/C=C\C/C=C\CCC(=O)OCC(COP(=O)(O)OCC(O)COP(=O)(O)OCC(COC(=O)CCCCCC/C=C\C/C=C\C/C=C\C/C=C\CC)OC(=O)CCCCCCCCC/C=C\C/C=C\C/C=C\CC)OC(=O)CCCCCCC/C=C\C/C=C\CCC. The number of esters is 4. The Balaban J connectivity index is 5.47. The van der Waals surface area contributed by atoms with Crippen LogP contribution in [0.2, 0.25) is 0 Å². The molecule has 106 heavy (non-hydrogen) atoms. The highest BCUT2D eigenvalue weighted by Crippen LogP contribution is 2.45. The van der Waals surface area contributed by atoms with Crippen molar-refractivity contribution in [2.45, 2.75) is 303 Å². The van der Waals surface area contributed by atoms with Crippen LogP contribution >= 0.6 is 15.6 Å². The zero-order valence-electron chi connectivity index (χ0n) is 65.5. The molecule has 5 atom stereocenters. The van der Waals surface area contributed by atoms with Gasteiger partial charge in [-0.05, 0) is 161 Å². The summed E-state index contributed by atoms with van der Waals surface area (Å²) < 4.78 is 68.5. The highest BCUT2D eigenvalue weighted by atomic mass is 31.2. The van der Waals surface area contributed by atoms with E-state index in [-0.39, 0.29) is 25.7 Å². The highest BCUT2D eigenvalue weighted by Gasteiger charge is 2.30. The maximum Gasteiger partial charge on any atom is 0.472 e. The van der Waals surface area contributed by atoms with Crippen LogP contribution in [0.5, 0.6) is 0 Å². The number of phosphoric acid groups is 2. The second-order valence-corrected chi connectivity index (χ2v) is 28.8. The molecule has 0 radical (unpaired) electrons. The average molecular weight is 1520 g/mol. The van der Waals surface area contributed by atoms with Crippen molar-refractivity contribution in [1.29, 1.82) is 0 Å². The molecule has 3 N–H and O–H groups in total. The minimum atomic E-state index is -5.01. The van der Waals surface area contributed by atoms with Gasteiger partial charge in [0.2, 0.25) is 0 Å². The van der Waals surface area contributed by atoms with Gasteiger partial charge in [-0.1, -0.05) is 281 Å². The third-order valence-electron chi connectivity index (χ3n) is 15.8. The molecule has 600 valence electrons. The molecule has 0 aromatic carbocycles. The van der Waals surface area contributed by atoms with E-state index < -0.39 is 97.5 Å². The van der Waals surface area contributed by atoms with Crippen LogP contribution in [0.15, 0.2) is 182 Å². The van der Waals surface area contributed by atoms with E-state index >= 15 is 0 Å². The van der Waals surface area contributed by atoms with Crippen LogP contribution in [0.25, 0.3) is 0 Å². The zero-order valence-corrected chi connectivity index (χ0v) is 67.3. The first kappa shape index (κ1) is 100. The largest absolute Gasteiger partial charge is 0.472 e. The highest BCUT2D eigenvalue weighted by molar-refractivity contribution is 7.47. The fourth-order valence-electron chi connectivity index (χ4n) is 9.88. The number of ether oxygens (including phenoxy) is 4. The Morgan fingerprint density at radius 1 is 0.274 bits per heavy atom. The van der Waals surface area contributed by atoms with E-state index in [4.69, 9.17) is 37.0 Å². The molecule has 0 aromatic rings. The van der Waals surface area contributed by atoms with Crippen molar-refractivity contribution in [2.24, 2.45) is 0 Å². The molecule has 0 aromatic heterocycles. The van der Waals surface area contributed by atoms with Crippen LogP contribution in [0.4, 0.5) is 0 Å². The number of carbonyl (C=O) groups is 4. The second kappa shape index (κ2) is 77.3. The third-order valence-corrected chi connectivity index (χ3v) is 17.7. The first-order chi connectivity index (χ1) is 51.7. The molecule has 0 aliphatic heterocycles. The number of allylic oxidation sites excluding steroid dienone is 30. The average Bonchev–Trinajstić information content (AvgIpc) is 0.900. The van der Waals surface area contributed by atoms with Crippen molar-refractivity contribution >= 4 is 39.5 Å². The number of phosphoric ester groups is 2. The Bertz CT molecular complexity index is 2730. The number of hydrogen-bond acceptors (Lipinski definition) is 15. The molecule has 19 heteroatoms. The summed E-state index contributed by atoms with van der Waals surface area (Å²) in [5.41, 5.74) is 0. The van der Waals surface area contributed by atoms with E-state index in [1.165, 1.54) is 0 Å². The smallest absolute Gasteiger partial charge is 0.462 e. The van der Waals surface area contributed by atoms with E-state index in [9.17, 15) is 43.2 Å². The Hall–Kier alpha value is -5.84. The number of aliphatic hydroxyl groups is 1. The molecule has 0 spiro atoms. The Morgan fingerprint density at radius 2 is 0.509 bits per heavy atom. The first-order valence-electron chi connectivity index (χ1n) is 40.0. The zero-order chi connectivity index (χ0) is 77.4. The molecule has 5 unspecified atom stereocenters. The van der Waals surface area contributed by atoms with Gasteiger partial charge in [0.15, 0.2) is 12.2 Å². The summed E-state index contributed by atoms with van der Waals surface area (Å²) in [7, 11) is -10.0. The number of unbranched alkanes of at least 4 members (excludes halogenated alkanes) is 17. The van der Waals surface area contributed by atoms with Crippen molar-refractivity contribution < 1.29 is 80.2 Å². The fourth-order valence-corrected chi connectivity index (χ4v) is 11.5. The minimum absolute atomic E-state index is 0.0264. The van der Waals surface area contributed by atoms with E-state index in [1.807, 2.05) is 18.2 Å². The minimum Gasteiger partial charge on any atom is -0.462 e. The van der Waals surface area contributed by atoms with Crippen molar-refractivity contribution in [3.05, 3.63) is 182 Å². The van der Waals surface area contributed by atoms with Gasteiger partial charge in [0.05, 0.1) is 26.4 Å². The fraction of sp³-hybridized carbons (Fsp3) is 0.609. The summed E-state index contributed by atoms with van der Waals surface area (Å²) in [5, 5.41) is 10.6. The van der Waals surface area contributed by atoms with Gasteiger partial charge < -0.3 is 33.8 Å². The Morgan fingerprint density at radius 3 is 0.811 bits per heavy atom. The molecule has 0 heterocycles. The van der Waals surface area contributed by atoms with Crippen molar-refractivity contribution in [3.63, 3.8) is 0 Å². The van der Waals surface area contributed by atoms with Crippen LogP contribution in [-0.2, 0) is 65.4 Å². The molecule has 0 aliphatic carbocycles. The predicted octanol–water partition coefficient (Wildman–Crippen LogP) is 23.6. The Labute approximate surface area is 641 Å². The van der Waals surface area contributed by atoms with E-state index in [2.05, 4.69) is 192 Å². The number of hydrogen-bond donors (Lipinski definition) is 3. The second-order valence-electron chi connectivity index (χ2n) is 25.9.